The first-order chi connectivity index (χ1) is 14.0. The van der Waals surface area contributed by atoms with Gasteiger partial charge in [-0.2, -0.15) is 0 Å². The fourth-order valence-corrected chi connectivity index (χ4v) is 4.12. The molecule has 3 N–H and O–H groups in total. The van der Waals surface area contributed by atoms with Gasteiger partial charge in [0.05, 0.1) is 23.2 Å². The number of aromatic nitrogens is 1. The molecule has 1 aliphatic carbocycles. The second kappa shape index (κ2) is 8.76. The van der Waals surface area contributed by atoms with Crippen molar-refractivity contribution in [3.63, 3.8) is 0 Å². The third-order valence-electron chi connectivity index (χ3n) is 4.72. The summed E-state index contributed by atoms with van der Waals surface area (Å²) in [6.07, 6.45) is -2.31. The molecule has 0 radical (unpaired) electrons. The van der Waals surface area contributed by atoms with Crippen LogP contribution in [0.2, 0.25) is 0 Å². The molecule has 0 unspecified atom stereocenters. The van der Waals surface area contributed by atoms with Gasteiger partial charge < -0.3 is 20.7 Å². The molecule has 2 aromatic rings. The third kappa shape index (κ3) is 6.05. The Bertz CT molecular complexity index is 925. The lowest BCUT2D eigenvalue weighted by Crippen LogP contribution is -2.57. The molecule has 7 nitrogen and oxygen atoms in total. The molecule has 1 aromatic heterocycles. The summed E-state index contributed by atoms with van der Waals surface area (Å²) in [5.74, 6) is -0.811. The summed E-state index contributed by atoms with van der Waals surface area (Å²) in [5, 5.41) is 8.96. The Morgan fingerprint density at radius 3 is 2.60 bits per heavy atom. The Kier molecular flexibility index (Phi) is 6.51. The number of rotatable bonds is 8. The Hall–Kier alpha value is -2.40. The molecule has 1 heterocycles. The normalized spacial score (nSPS) is 15.7. The maximum absolute atomic E-state index is 12.5. The molecule has 11 heteroatoms. The number of nitrogens with one attached hydrogen (secondary N) is 3. The van der Waals surface area contributed by atoms with Crippen LogP contribution in [0.1, 0.15) is 39.5 Å². The summed E-state index contributed by atoms with van der Waals surface area (Å²) in [6.45, 7) is 4.06. The molecule has 0 bridgehead atoms. The lowest BCUT2D eigenvalue weighted by Gasteiger charge is -2.42. The molecule has 0 spiro atoms. The number of halogens is 3. The fourth-order valence-electron chi connectivity index (χ4n) is 3.21. The van der Waals surface area contributed by atoms with E-state index in [1.807, 2.05) is 13.8 Å². The molecule has 0 atom stereocenters. The van der Waals surface area contributed by atoms with Crippen LogP contribution >= 0.6 is 11.3 Å². The highest BCUT2D eigenvalue weighted by Crippen LogP contribution is 2.36. The van der Waals surface area contributed by atoms with E-state index in [9.17, 15) is 22.8 Å². The first kappa shape index (κ1) is 22.3. The van der Waals surface area contributed by atoms with E-state index in [0.29, 0.717) is 23.1 Å². The Morgan fingerprint density at radius 1 is 1.27 bits per heavy atom. The Balaban J connectivity index is 1.60. The number of carbonyl (C=O) groups is 2. The molecule has 1 fully saturated rings. The zero-order chi connectivity index (χ0) is 21.9. The van der Waals surface area contributed by atoms with Gasteiger partial charge in [0.15, 0.2) is 5.13 Å². The van der Waals surface area contributed by atoms with E-state index in [4.69, 9.17) is 0 Å². The van der Waals surface area contributed by atoms with Crippen LogP contribution in [0.5, 0.6) is 5.75 Å². The van der Waals surface area contributed by atoms with Gasteiger partial charge in [0.1, 0.15) is 5.75 Å². The van der Waals surface area contributed by atoms with Crippen molar-refractivity contribution in [3.8, 4) is 5.75 Å². The maximum atomic E-state index is 12.5. The lowest BCUT2D eigenvalue weighted by molar-refractivity contribution is -0.274. The standard InChI is InChI=1S/C19H23F3N4O3S/c1-11(2)23-10-16(28)26-18(6-3-7-18)9-15(27)25-17-24-13-5-4-12(8-14(13)30-17)29-19(20,21)22/h4-5,8,11,23H,3,6-7,9-10H2,1-2H3,(H,26,28)(H,24,25,27). The number of fused-ring (bicyclic) bond motifs is 1. The van der Waals surface area contributed by atoms with Crippen LogP contribution in [-0.4, -0.2) is 41.3 Å². The highest BCUT2D eigenvalue weighted by Gasteiger charge is 2.40. The number of hydrogen-bond acceptors (Lipinski definition) is 6. The minimum atomic E-state index is -4.78. The van der Waals surface area contributed by atoms with E-state index in [0.717, 1.165) is 17.8 Å². The minimum Gasteiger partial charge on any atom is -0.406 e. The molecule has 0 aliphatic heterocycles. The number of alkyl halides is 3. The average Bonchev–Trinajstić information content (AvgIpc) is 2.97. The third-order valence-corrected chi connectivity index (χ3v) is 5.66. The summed E-state index contributed by atoms with van der Waals surface area (Å²) in [6, 6.07) is 3.98. The van der Waals surface area contributed by atoms with Crippen LogP contribution in [0.25, 0.3) is 10.2 Å². The number of amides is 2. The first-order valence-corrected chi connectivity index (χ1v) is 10.4. The Morgan fingerprint density at radius 2 is 2.00 bits per heavy atom. The van der Waals surface area contributed by atoms with Crippen LogP contribution in [-0.2, 0) is 9.59 Å². The van der Waals surface area contributed by atoms with Crippen LogP contribution < -0.4 is 20.7 Å². The topological polar surface area (TPSA) is 92.4 Å². The number of carbonyl (C=O) groups excluding carboxylic acids is 2. The van der Waals surface area contributed by atoms with Crippen molar-refractivity contribution in [1.82, 2.24) is 15.6 Å². The van der Waals surface area contributed by atoms with Crippen LogP contribution in [0.4, 0.5) is 18.3 Å². The van der Waals surface area contributed by atoms with Crippen LogP contribution in [0.15, 0.2) is 18.2 Å². The van der Waals surface area contributed by atoms with Gasteiger partial charge in [-0.05, 0) is 31.4 Å². The second-order valence-electron chi connectivity index (χ2n) is 7.64. The van der Waals surface area contributed by atoms with Gasteiger partial charge in [0.25, 0.3) is 0 Å². The number of benzene rings is 1. The van der Waals surface area contributed by atoms with E-state index in [2.05, 4.69) is 25.7 Å². The van der Waals surface area contributed by atoms with Crippen molar-refractivity contribution in [2.24, 2.45) is 0 Å². The van der Waals surface area contributed by atoms with Gasteiger partial charge in [-0.15, -0.1) is 13.2 Å². The molecule has 1 aliphatic rings. The summed E-state index contributed by atoms with van der Waals surface area (Å²) in [7, 11) is 0. The van der Waals surface area contributed by atoms with Gasteiger partial charge in [-0.1, -0.05) is 25.2 Å². The summed E-state index contributed by atoms with van der Waals surface area (Å²) >= 11 is 1.05. The maximum Gasteiger partial charge on any atom is 0.573 e. The van der Waals surface area contributed by atoms with Crippen molar-refractivity contribution in [2.45, 2.75) is 57.5 Å². The number of ether oxygens (including phenoxy) is 1. The quantitative estimate of drug-likeness (QED) is 0.579. The summed E-state index contributed by atoms with van der Waals surface area (Å²) in [4.78, 5) is 28.9. The SMILES string of the molecule is CC(C)NCC(=O)NC1(CC(=O)Nc2nc3ccc(OC(F)(F)F)cc3s2)CCC1. The fraction of sp³-hybridized carbons (Fsp3) is 0.526. The van der Waals surface area contributed by atoms with Crippen molar-refractivity contribution in [1.29, 1.82) is 0 Å². The predicted molar refractivity (Wildman–Crippen MR) is 107 cm³/mol. The molecule has 2 amide bonds. The van der Waals surface area contributed by atoms with Gasteiger partial charge in [0, 0.05) is 17.6 Å². The van der Waals surface area contributed by atoms with Crippen molar-refractivity contribution >= 4 is 38.5 Å². The largest absolute Gasteiger partial charge is 0.573 e. The number of nitrogens with zero attached hydrogens (tertiary/aromatic N) is 1. The van der Waals surface area contributed by atoms with Gasteiger partial charge in [-0.3, -0.25) is 9.59 Å². The van der Waals surface area contributed by atoms with Gasteiger partial charge >= 0.3 is 6.36 Å². The zero-order valence-corrected chi connectivity index (χ0v) is 17.4. The van der Waals surface area contributed by atoms with E-state index >= 15 is 0 Å². The number of thiazole rings is 1. The van der Waals surface area contributed by atoms with Crippen molar-refractivity contribution in [3.05, 3.63) is 18.2 Å². The highest BCUT2D eigenvalue weighted by molar-refractivity contribution is 7.22. The Labute approximate surface area is 175 Å². The second-order valence-corrected chi connectivity index (χ2v) is 8.67. The number of anilines is 1. The summed E-state index contributed by atoms with van der Waals surface area (Å²) < 4.78 is 41.5. The molecule has 164 valence electrons. The van der Waals surface area contributed by atoms with Crippen molar-refractivity contribution < 1.29 is 27.5 Å². The van der Waals surface area contributed by atoms with Crippen molar-refractivity contribution in [2.75, 3.05) is 11.9 Å². The van der Waals surface area contributed by atoms with E-state index in [1.54, 1.807) is 0 Å². The summed E-state index contributed by atoms with van der Waals surface area (Å²) in [5.41, 5.74) is -0.110. The number of hydrogen-bond donors (Lipinski definition) is 3. The average molecular weight is 444 g/mol. The molecular weight excluding hydrogens is 421 g/mol. The van der Waals surface area contributed by atoms with Crippen LogP contribution in [0, 0.1) is 0 Å². The smallest absolute Gasteiger partial charge is 0.406 e. The molecular formula is C19H23F3N4O3S. The highest BCUT2D eigenvalue weighted by atomic mass is 32.1. The zero-order valence-electron chi connectivity index (χ0n) is 16.6. The van der Waals surface area contributed by atoms with E-state index < -0.39 is 11.9 Å². The predicted octanol–water partition coefficient (Wildman–Crippen LogP) is 3.56. The molecule has 1 aromatic carbocycles. The van der Waals surface area contributed by atoms with Gasteiger partial charge in [-0.25, -0.2) is 4.98 Å². The molecule has 1 saturated carbocycles. The minimum absolute atomic E-state index is 0.110. The molecule has 0 saturated heterocycles. The first-order valence-electron chi connectivity index (χ1n) is 9.54. The van der Waals surface area contributed by atoms with E-state index in [-0.39, 0.29) is 41.7 Å². The molecule has 30 heavy (non-hydrogen) atoms. The monoisotopic (exact) mass is 444 g/mol. The van der Waals surface area contributed by atoms with Gasteiger partial charge in [0.2, 0.25) is 11.8 Å². The van der Waals surface area contributed by atoms with E-state index in [1.165, 1.54) is 18.2 Å². The lowest BCUT2D eigenvalue weighted by atomic mass is 9.74. The molecule has 3 rings (SSSR count). The van der Waals surface area contributed by atoms with Crippen LogP contribution in [0.3, 0.4) is 0 Å².